The average molecular weight is 402 g/mol. The number of rotatable bonds is 3. The summed E-state index contributed by atoms with van der Waals surface area (Å²) >= 11 is 1.47. The molecule has 3 rings (SSSR count). The highest BCUT2D eigenvalue weighted by Gasteiger charge is 2.28. The lowest BCUT2D eigenvalue weighted by Crippen LogP contribution is -2.45. The highest BCUT2D eigenvalue weighted by atomic mass is 32.1. The molecule has 1 atom stereocenters. The molecule has 0 spiro atoms. The fraction of sp³-hybridized carbons (Fsp3) is 0.500. The van der Waals surface area contributed by atoms with Crippen LogP contribution in [0, 0.1) is 5.92 Å². The summed E-state index contributed by atoms with van der Waals surface area (Å²) < 4.78 is 37.2. The lowest BCUT2D eigenvalue weighted by Gasteiger charge is -2.17. The zero-order valence-electron chi connectivity index (χ0n) is 14.4. The molecule has 0 bridgehead atoms. The minimum absolute atomic E-state index is 0.391. The molecular formula is C16H17F3N4O3S. The van der Waals surface area contributed by atoms with Gasteiger partial charge in [-0.25, -0.2) is 9.78 Å². The summed E-state index contributed by atoms with van der Waals surface area (Å²) in [6, 6.07) is -1.28. The van der Waals surface area contributed by atoms with Crippen LogP contribution in [0.5, 0.6) is 0 Å². The van der Waals surface area contributed by atoms with Gasteiger partial charge in [0.1, 0.15) is 17.9 Å². The molecule has 2 aromatic heterocycles. The number of aryl methyl sites for hydroxylation is 1. The number of aromatic nitrogens is 2. The number of fused-ring (bicyclic) bond motifs is 3. The van der Waals surface area contributed by atoms with Crippen molar-refractivity contribution in [3.8, 4) is 0 Å². The molecular weight excluding hydrogens is 385 g/mol. The Morgan fingerprint density at radius 2 is 2.15 bits per heavy atom. The molecule has 2 N–H and O–H groups in total. The molecule has 11 heteroatoms. The van der Waals surface area contributed by atoms with Crippen molar-refractivity contribution in [3.63, 3.8) is 0 Å². The second-order valence-corrected chi connectivity index (χ2v) is 7.64. The highest BCUT2D eigenvalue weighted by molar-refractivity contribution is 7.18. The van der Waals surface area contributed by atoms with Gasteiger partial charge in [-0.15, -0.1) is 11.3 Å². The molecule has 0 saturated carbocycles. The third-order valence-electron chi connectivity index (χ3n) is 4.30. The summed E-state index contributed by atoms with van der Waals surface area (Å²) in [6.07, 6.45) is -0.753. The lowest BCUT2D eigenvalue weighted by atomic mass is 9.89. The Bertz CT molecular complexity index is 951. The maximum atomic E-state index is 12.7. The van der Waals surface area contributed by atoms with E-state index < -0.39 is 36.8 Å². The molecule has 146 valence electrons. The Hall–Kier alpha value is -2.43. The Balaban J connectivity index is 1.74. The first-order valence-electron chi connectivity index (χ1n) is 8.28. The van der Waals surface area contributed by atoms with Crippen molar-refractivity contribution in [3.05, 3.63) is 27.1 Å². The summed E-state index contributed by atoms with van der Waals surface area (Å²) in [5, 5.41) is 3.78. The number of amides is 3. The van der Waals surface area contributed by atoms with Gasteiger partial charge in [-0.1, -0.05) is 6.92 Å². The average Bonchev–Trinajstić information content (AvgIpc) is 2.93. The SMILES string of the molecule is C[C@H]1CCc2c(sc3ncn(CC(=O)NC(=O)NCC(F)(F)F)c(=O)c23)C1. The Morgan fingerprint density at radius 3 is 2.85 bits per heavy atom. The molecule has 2 heterocycles. The topological polar surface area (TPSA) is 93.1 Å². The molecule has 0 aliphatic heterocycles. The highest BCUT2D eigenvalue weighted by Crippen LogP contribution is 2.35. The van der Waals surface area contributed by atoms with Gasteiger partial charge in [0.2, 0.25) is 5.91 Å². The summed E-state index contributed by atoms with van der Waals surface area (Å²) in [7, 11) is 0. The number of halogens is 3. The van der Waals surface area contributed by atoms with Crippen molar-refractivity contribution in [2.24, 2.45) is 5.92 Å². The first-order chi connectivity index (χ1) is 12.6. The van der Waals surface area contributed by atoms with Gasteiger partial charge in [0.05, 0.1) is 11.7 Å². The van der Waals surface area contributed by atoms with E-state index in [0.717, 1.165) is 34.3 Å². The van der Waals surface area contributed by atoms with Crippen molar-refractivity contribution in [1.82, 2.24) is 20.2 Å². The molecule has 3 amide bonds. The largest absolute Gasteiger partial charge is 0.405 e. The van der Waals surface area contributed by atoms with E-state index in [2.05, 4.69) is 11.9 Å². The number of alkyl halides is 3. The number of imide groups is 1. The number of hydrogen-bond acceptors (Lipinski definition) is 5. The Kier molecular flexibility index (Phi) is 5.22. The number of carbonyl (C=O) groups is 2. The van der Waals surface area contributed by atoms with E-state index in [1.54, 1.807) is 5.32 Å². The molecule has 0 radical (unpaired) electrons. The predicted octanol–water partition coefficient (Wildman–Crippen LogP) is 1.97. The van der Waals surface area contributed by atoms with Crippen molar-refractivity contribution in [2.45, 2.75) is 38.9 Å². The second-order valence-electron chi connectivity index (χ2n) is 6.56. The van der Waals surface area contributed by atoms with Gasteiger partial charge in [-0.2, -0.15) is 13.2 Å². The Morgan fingerprint density at radius 1 is 1.41 bits per heavy atom. The van der Waals surface area contributed by atoms with E-state index in [-0.39, 0.29) is 0 Å². The summed E-state index contributed by atoms with van der Waals surface area (Å²) in [4.78, 5) is 41.9. The number of thiophene rings is 1. The van der Waals surface area contributed by atoms with Crippen LogP contribution in [-0.2, 0) is 24.2 Å². The molecule has 1 aliphatic carbocycles. The van der Waals surface area contributed by atoms with E-state index in [0.29, 0.717) is 16.1 Å². The van der Waals surface area contributed by atoms with Gasteiger partial charge in [-0.05, 0) is 30.7 Å². The summed E-state index contributed by atoms with van der Waals surface area (Å²) in [6.45, 7) is 0.0779. The fourth-order valence-corrected chi connectivity index (χ4v) is 4.37. The van der Waals surface area contributed by atoms with Crippen LogP contribution in [0.1, 0.15) is 23.8 Å². The normalized spacial score (nSPS) is 16.8. The van der Waals surface area contributed by atoms with Crippen LogP contribution in [0.25, 0.3) is 10.2 Å². The van der Waals surface area contributed by atoms with Gasteiger partial charge in [0.15, 0.2) is 0 Å². The predicted molar refractivity (Wildman–Crippen MR) is 92.7 cm³/mol. The number of hydrogen-bond donors (Lipinski definition) is 2. The van der Waals surface area contributed by atoms with Crippen molar-refractivity contribution < 1.29 is 22.8 Å². The molecule has 2 aromatic rings. The van der Waals surface area contributed by atoms with Crippen LogP contribution < -0.4 is 16.2 Å². The lowest BCUT2D eigenvalue weighted by molar-refractivity contribution is -0.124. The van der Waals surface area contributed by atoms with E-state index in [9.17, 15) is 27.6 Å². The minimum Gasteiger partial charge on any atom is -0.329 e. The van der Waals surface area contributed by atoms with Crippen molar-refractivity contribution >= 4 is 33.5 Å². The maximum Gasteiger partial charge on any atom is 0.405 e. The van der Waals surface area contributed by atoms with Crippen molar-refractivity contribution in [1.29, 1.82) is 0 Å². The van der Waals surface area contributed by atoms with Crippen LogP contribution in [-0.4, -0.2) is 34.2 Å². The van der Waals surface area contributed by atoms with E-state index in [4.69, 9.17) is 0 Å². The maximum absolute atomic E-state index is 12.7. The molecule has 0 fully saturated rings. The van der Waals surface area contributed by atoms with Crippen LogP contribution in [0.2, 0.25) is 0 Å². The van der Waals surface area contributed by atoms with Crippen molar-refractivity contribution in [2.75, 3.05) is 6.54 Å². The third-order valence-corrected chi connectivity index (χ3v) is 5.46. The van der Waals surface area contributed by atoms with Gasteiger partial charge >= 0.3 is 12.2 Å². The van der Waals surface area contributed by atoms with Crippen LogP contribution in [0.4, 0.5) is 18.0 Å². The zero-order chi connectivity index (χ0) is 19.8. The monoisotopic (exact) mass is 402 g/mol. The first-order valence-corrected chi connectivity index (χ1v) is 9.10. The fourth-order valence-electron chi connectivity index (χ4n) is 3.02. The molecule has 27 heavy (non-hydrogen) atoms. The number of carbonyl (C=O) groups excluding carboxylic acids is 2. The van der Waals surface area contributed by atoms with Crippen LogP contribution in [0.3, 0.4) is 0 Å². The number of nitrogens with zero attached hydrogens (tertiary/aromatic N) is 2. The third kappa shape index (κ3) is 4.46. The first kappa shape index (κ1) is 19.3. The second kappa shape index (κ2) is 7.29. The number of urea groups is 1. The molecule has 0 saturated heterocycles. The van der Waals surface area contributed by atoms with E-state index >= 15 is 0 Å². The number of nitrogens with one attached hydrogen (secondary N) is 2. The standard InChI is InChI=1S/C16H17F3N4O3S/c1-8-2-3-9-10(4-8)27-13-12(9)14(25)23(7-21-13)5-11(24)22-15(26)20-6-16(17,18)19/h7-8H,2-6H2,1H3,(H2,20,22,24,26)/t8-/m0/s1. The van der Waals surface area contributed by atoms with Crippen LogP contribution >= 0.6 is 11.3 Å². The minimum atomic E-state index is -4.58. The zero-order valence-corrected chi connectivity index (χ0v) is 15.2. The van der Waals surface area contributed by atoms with Gasteiger partial charge in [0.25, 0.3) is 5.56 Å². The Labute approximate surface area is 155 Å². The molecule has 1 aliphatic rings. The van der Waals surface area contributed by atoms with Gasteiger partial charge in [-0.3, -0.25) is 19.5 Å². The van der Waals surface area contributed by atoms with E-state index in [1.165, 1.54) is 23.0 Å². The smallest absolute Gasteiger partial charge is 0.329 e. The van der Waals surface area contributed by atoms with E-state index in [1.807, 2.05) is 0 Å². The molecule has 0 unspecified atom stereocenters. The summed E-state index contributed by atoms with van der Waals surface area (Å²) in [5.41, 5.74) is 0.571. The van der Waals surface area contributed by atoms with Gasteiger partial charge < -0.3 is 5.32 Å². The molecule has 0 aromatic carbocycles. The van der Waals surface area contributed by atoms with Gasteiger partial charge in [0, 0.05) is 4.88 Å². The van der Waals surface area contributed by atoms with Crippen LogP contribution in [0.15, 0.2) is 11.1 Å². The molecule has 7 nitrogen and oxygen atoms in total. The quantitative estimate of drug-likeness (QED) is 0.821. The summed E-state index contributed by atoms with van der Waals surface area (Å²) in [5.74, 6) is -0.371.